The van der Waals surface area contributed by atoms with Crippen LogP contribution in [0.3, 0.4) is 0 Å². The topological polar surface area (TPSA) is 34.2 Å². The van der Waals surface area contributed by atoms with Gasteiger partial charge in [-0.05, 0) is 30.5 Å². The molecule has 0 bridgehead atoms. The van der Waals surface area contributed by atoms with Gasteiger partial charge in [0.2, 0.25) is 0 Å². The van der Waals surface area contributed by atoms with Crippen molar-refractivity contribution in [3.8, 4) is 5.75 Å². The quantitative estimate of drug-likeness (QED) is 0.841. The first-order valence-corrected chi connectivity index (χ1v) is 7.46. The van der Waals surface area contributed by atoms with E-state index < -0.39 is 0 Å². The fraction of sp³-hybridized carbons (Fsp3) is 0.400. The zero-order valence-electron chi connectivity index (χ0n) is 11.4. The van der Waals surface area contributed by atoms with E-state index in [1.807, 2.05) is 12.3 Å². The monoisotopic (exact) mass is 276 g/mol. The number of rotatable bonds is 7. The van der Waals surface area contributed by atoms with E-state index in [0.29, 0.717) is 0 Å². The van der Waals surface area contributed by atoms with Gasteiger partial charge in [0.15, 0.2) is 0 Å². The highest BCUT2D eigenvalue weighted by Crippen LogP contribution is 2.27. The van der Waals surface area contributed by atoms with Crippen LogP contribution in [0.15, 0.2) is 36.0 Å². The number of pyridine rings is 1. The van der Waals surface area contributed by atoms with E-state index in [1.165, 1.54) is 10.4 Å². The van der Waals surface area contributed by atoms with E-state index in [-0.39, 0.29) is 6.04 Å². The summed E-state index contributed by atoms with van der Waals surface area (Å²) in [6.07, 6.45) is 5.71. The summed E-state index contributed by atoms with van der Waals surface area (Å²) in [5, 5.41) is 5.72. The van der Waals surface area contributed by atoms with Crippen molar-refractivity contribution >= 4 is 11.3 Å². The number of hydrogen-bond acceptors (Lipinski definition) is 4. The molecular weight excluding hydrogens is 256 g/mol. The van der Waals surface area contributed by atoms with E-state index in [4.69, 9.17) is 4.74 Å². The fourth-order valence-corrected chi connectivity index (χ4v) is 2.84. The van der Waals surface area contributed by atoms with Crippen LogP contribution in [0.25, 0.3) is 0 Å². The highest BCUT2D eigenvalue weighted by molar-refractivity contribution is 7.09. The molecule has 0 radical (unpaired) electrons. The molecule has 19 heavy (non-hydrogen) atoms. The predicted octanol–water partition coefficient (Wildman–Crippen LogP) is 3.44. The molecule has 0 saturated carbocycles. The molecule has 0 amide bonds. The molecule has 1 N–H and O–H groups in total. The summed E-state index contributed by atoms with van der Waals surface area (Å²) in [6, 6.07) is 6.59. The Morgan fingerprint density at radius 1 is 1.42 bits per heavy atom. The number of methoxy groups -OCH3 is 1. The van der Waals surface area contributed by atoms with E-state index in [2.05, 4.69) is 34.7 Å². The molecule has 0 aliphatic carbocycles. The van der Waals surface area contributed by atoms with Crippen LogP contribution >= 0.6 is 11.3 Å². The lowest BCUT2D eigenvalue weighted by Gasteiger charge is -2.20. The largest absolute Gasteiger partial charge is 0.495 e. The van der Waals surface area contributed by atoms with Crippen molar-refractivity contribution in [1.82, 2.24) is 10.3 Å². The maximum atomic E-state index is 5.43. The van der Waals surface area contributed by atoms with Gasteiger partial charge >= 0.3 is 0 Å². The summed E-state index contributed by atoms with van der Waals surface area (Å²) >= 11 is 1.80. The standard InChI is InChI=1S/C15H20N2OS/c1-3-7-17-14(10-12-5-4-9-19-12)13-6-8-16-11-15(13)18-2/h4-6,8-9,11,14,17H,3,7,10H2,1-2H3. The summed E-state index contributed by atoms with van der Waals surface area (Å²) in [5.41, 5.74) is 1.18. The van der Waals surface area contributed by atoms with Crippen molar-refractivity contribution in [3.05, 3.63) is 46.4 Å². The number of nitrogens with zero attached hydrogens (tertiary/aromatic N) is 1. The van der Waals surface area contributed by atoms with Crippen LogP contribution in [0.1, 0.15) is 29.8 Å². The average molecular weight is 276 g/mol. The molecule has 0 aliphatic heterocycles. The molecule has 1 unspecified atom stereocenters. The van der Waals surface area contributed by atoms with Gasteiger partial charge in [0.1, 0.15) is 5.75 Å². The molecule has 2 rings (SSSR count). The lowest BCUT2D eigenvalue weighted by molar-refractivity contribution is 0.396. The summed E-state index contributed by atoms with van der Waals surface area (Å²) < 4.78 is 5.43. The first-order valence-electron chi connectivity index (χ1n) is 6.58. The minimum absolute atomic E-state index is 0.275. The molecule has 0 fully saturated rings. The molecule has 102 valence electrons. The highest BCUT2D eigenvalue weighted by Gasteiger charge is 2.16. The van der Waals surface area contributed by atoms with Crippen LogP contribution in [0.5, 0.6) is 5.75 Å². The molecule has 0 spiro atoms. The third kappa shape index (κ3) is 3.78. The Morgan fingerprint density at radius 3 is 3.00 bits per heavy atom. The first kappa shape index (κ1) is 14.0. The number of ether oxygens (including phenoxy) is 1. The van der Waals surface area contributed by atoms with Gasteiger partial charge in [-0.25, -0.2) is 0 Å². The maximum Gasteiger partial charge on any atom is 0.141 e. The van der Waals surface area contributed by atoms with Gasteiger partial charge in [0.25, 0.3) is 0 Å². The summed E-state index contributed by atoms with van der Waals surface area (Å²) in [4.78, 5) is 5.51. The molecule has 2 aromatic rings. The smallest absolute Gasteiger partial charge is 0.141 e. The Labute approximate surface area is 118 Å². The van der Waals surface area contributed by atoms with Gasteiger partial charge in [-0.3, -0.25) is 4.98 Å². The van der Waals surface area contributed by atoms with Gasteiger partial charge in [-0.2, -0.15) is 0 Å². The Hall–Kier alpha value is -1.39. The van der Waals surface area contributed by atoms with Crippen molar-refractivity contribution < 1.29 is 4.74 Å². The Morgan fingerprint density at radius 2 is 2.32 bits per heavy atom. The SMILES string of the molecule is CCCNC(Cc1cccs1)c1ccncc1OC. The van der Waals surface area contributed by atoms with Crippen molar-refractivity contribution in [2.24, 2.45) is 0 Å². The van der Waals surface area contributed by atoms with E-state index in [9.17, 15) is 0 Å². The molecule has 1 atom stereocenters. The lowest BCUT2D eigenvalue weighted by atomic mass is 10.0. The molecule has 0 aliphatic rings. The number of nitrogens with one attached hydrogen (secondary N) is 1. The molecule has 3 nitrogen and oxygen atoms in total. The third-order valence-corrected chi connectivity index (χ3v) is 3.94. The maximum absolute atomic E-state index is 5.43. The second-order valence-corrected chi connectivity index (χ2v) is 5.44. The zero-order chi connectivity index (χ0) is 13.5. The molecule has 2 aromatic heterocycles. The molecule has 2 heterocycles. The van der Waals surface area contributed by atoms with E-state index in [1.54, 1.807) is 24.6 Å². The van der Waals surface area contributed by atoms with Gasteiger partial charge in [-0.1, -0.05) is 13.0 Å². The van der Waals surface area contributed by atoms with Gasteiger partial charge in [0.05, 0.1) is 13.3 Å². The molecule has 0 aromatic carbocycles. The van der Waals surface area contributed by atoms with Crippen LogP contribution in [0.2, 0.25) is 0 Å². The summed E-state index contributed by atoms with van der Waals surface area (Å²) in [7, 11) is 1.70. The predicted molar refractivity (Wildman–Crippen MR) is 79.8 cm³/mol. The van der Waals surface area contributed by atoms with Crippen LogP contribution in [0.4, 0.5) is 0 Å². The van der Waals surface area contributed by atoms with Gasteiger partial charge in [0, 0.05) is 29.1 Å². The number of hydrogen-bond donors (Lipinski definition) is 1. The van der Waals surface area contributed by atoms with Crippen LogP contribution < -0.4 is 10.1 Å². The fourth-order valence-electron chi connectivity index (χ4n) is 2.09. The van der Waals surface area contributed by atoms with Crippen LogP contribution in [-0.2, 0) is 6.42 Å². The first-order chi connectivity index (χ1) is 9.35. The van der Waals surface area contributed by atoms with Crippen molar-refractivity contribution in [1.29, 1.82) is 0 Å². The van der Waals surface area contributed by atoms with Crippen molar-refractivity contribution in [2.45, 2.75) is 25.8 Å². The molecule has 4 heteroatoms. The van der Waals surface area contributed by atoms with Crippen LogP contribution in [-0.4, -0.2) is 18.6 Å². The zero-order valence-corrected chi connectivity index (χ0v) is 12.2. The molecular formula is C15H20N2OS. The minimum atomic E-state index is 0.275. The Balaban J connectivity index is 2.20. The second-order valence-electron chi connectivity index (χ2n) is 4.41. The second kappa shape index (κ2) is 7.26. The Kier molecular flexibility index (Phi) is 5.36. The summed E-state index contributed by atoms with van der Waals surface area (Å²) in [5.74, 6) is 0.854. The number of aromatic nitrogens is 1. The summed E-state index contributed by atoms with van der Waals surface area (Å²) in [6.45, 7) is 3.18. The number of thiophene rings is 1. The minimum Gasteiger partial charge on any atom is -0.495 e. The lowest BCUT2D eigenvalue weighted by Crippen LogP contribution is -2.24. The molecule has 0 saturated heterocycles. The van der Waals surface area contributed by atoms with E-state index in [0.717, 1.165) is 25.1 Å². The average Bonchev–Trinajstić information content (AvgIpc) is 2.96. The normalized spacial score (nSPS) is 12.3. The van der Waals surface area contributed by atoms with Crippen molar-refractivity contribution in [2.75, 3.05) is 13.7 Å². The highest BCUT2D eigenvalue weighted by atomic mass is 32.1. The van der Waals surface area contributed by atoms with E-state index >= 15 is 0 Å². The van der Waals surface area contributed by atoms with Gasteiger partial charge in [-0.15, -0.1) is 11.3 Å². The van der Waals surface area contributed by atoms with Crippen molar-refractivity contribution in [3.63, 3.8) is 0 Å². The Bertz CT molecular complexity index is 485. The van der Waals surface area contributed by atoms with Gasteiger partial charge < -0.3 is 10.1 Å². The third-order valence-electron chi connectivity index (χ3n) is 3.04. The van der Waals surface area contributed by atoms with Crippen LogP contribution in [0, 0.1) is 0 Å².